The maximum atomic E-state index is 12.1. The molecule has 1 saturated heterocycles. The molecular formula is C17H26N2O3. The average Bonchev–Trinajstić information content (AvgIpc) is 2.45. The van der Waals surface area contributed by atoms with Crippen molar-refractivity contribution in [2.45, 2.75) is 51.8 Å². The number of carbonyl (C=O) groups excluding carboxylic acids is 1. The molecule has 122 valence electrons. The van der Waals surface area contributed by atoms with Crippen LogP contribution in [-0.2, 0) is 11.3 Å². The number of hydrogen-bond donors (Lipinski definition) is 2. The number of nitrogens with one attached hydrogen (secondary N) is 1. The Balaban J connectivity index is 1.82. The van der Waals surface area contributed by atoms with Crippen LogP contribution in [0, 0.1) is 0 Å². The second-order valence-corrected chi connectivity index (χ2v) is 6.81. The van der Waals surface area contributed by atoms with Crippen molar-refractivity contribution in [3.63, 3.8) is 0 Å². The van der Waals surface area contributed by atoms with Gasteiger partial charge in [-0.25, -0.2) is 4.79 Å². The van der Waals surface area contributed by atoms with Gasteiger partial charge in [0.15, 0.2) is 0 Å². The van der Waals surface area contributed by atoms with Crippen LogP contribution in [0.4, 0.5) is 4.79 Å². The number of phenolic OH excluding ortho intramolecular Hbond substituents is 1. The lowest BCUT2D eigenvalue weighted by Crippen LogP contribution is -2.49. The Morgan fingerprint density at radius 2 is 2.05 bits per heavy atom. The molecule has 1 amide bonds. The second-order valence-electron chi connectivity index (χ2n) is 6.81. The van der Waals surface area contributed by atoms with Crippen molar-refractivity contribution in [2.24, 2.45) is 0 Å². The number of rotatable bonds is 3. The van der Waals surface area contributed by atoms with Crippen LogP contribution in [0.3, 0.4) is 0 Å². The number of phenols is 1. The van der Waals surface area contributed by atoms with E-state index in [0.29, 0.717) is 6.54 Å². The van der Waals surface area contributed by atoms with Gasteiger partial charge in [0.05, 0.1) is 0 Å². The van der Waals surface area contributed by atoms with E-state index in [2.05, 4.69) is 5.32 Å². The molecule has 0 bridgehead atoms. The lowest BCUT2D eigenvalue weighted by molar-refractivity contribution is 0.0187. The molecule has 0 radical (unpaired) electrons. The van der Waals surface area contributed by atoms with Gasteiger partial charge in [0.2, 0.25) is 0 Å². The lowest BCUT2D eigenvalue weighted by Gasteiger charge is -2.34. The van der Waals surface area contributed by atoms with Gasteiger partial charge in [0.1, 0.15) is 11.4 Å². The third-order valence-corrected chi connectivity index (χ3v) is 3.60. The third-order valence-electron chi connectivity index (χ3n) is 3.60. The van der Waals surface area contributed by atoms with Gasteiger partial charge >= 0.3 is 6.09 Å². The molecular weight excluding hydrogens is 280 g/mol. The molecule has 2 N–H and O–H groups in total. The molecule has 1 atom stereocenters. The van der Waals surface area contributed by atoms with E-state index in [1.807, 2.05) is 32.9 Å². The molecule has 5 nitrogen and oxygen atoms in total. The van der Waals surface area contributed by atoms with Crippen LogP contribution in [0.5, 0.6) is 5.75 Å². The van der Waals surface area contributed by atoms with Crippen molar-refractivity contribution in [3.8, 4) is 5.75 Å². The number of carbonyl (C=O) groups is 1. The topological polar surface area (TPSA) is 61.8 Å². The molecule has 0 spiro atoms. The standard InChI is InChI=1S/C17H26N2O3/c1-17(2,3)22-16(21)19-10-4-5-14(12-19)18-11-13-6-8-15(20)9-7-13/h6-9,14,18,20H,4-5,10-12H2,1-3H3. The van der Waals surface area contributed by atoms with E-state index in [1.165, 1.54) is 0 Å². The first-order chi connectivity index (χ1) is 10.3. The van der Waals surface area contributed by atoms with Crippen LogP contribution in [0.1, 0.15) is 39.2 Å². The fraction of sp³-hybridized carbons (Fsp3) is 0.588. The van der Waals surface area contributed by atoms with Crippen molar-refractivity contribution in [1.82, 2.24) is 10.2 Å². The summed E-state index contributed by atoms with van der Waals surface area (Å²) in [6, 6.07) is 7.44. The number of likely N-dealkylation sites (tertiary alicyclic amines) is 1. The summed E-state index contributed by atoms with van der Waals surface area (Å²) in [5.74, 6) is 0.275. The van der Waals surface area contributed by atoms with Crippen molar-refractivity contribution in [1.29, 1.82) is 0 Å². The largest absolute Gasteiger partial charge is 0.508 e. The number of aromatic hydroxyl groups is 1. The maximum Gasteiger partial charge on any atom is 0.410 e. The first-order valence-electron chi connectivity index (χ1n) is 7.83. The summed E-state index contributed by atoms with van der Waals surface area (Å²) in [7, 11) is 0. The molecule has 1 aliphatic rings. The van der Waals surface area contributed by atoms with E-state index >= 15 is 0 Å². The minimum Gasteiger partial charge on any atom is -0.508 e. The average molecular weight is 306 g/mol. The van der Waals surface area contributed by atoms with Gasteiger partial charge in [-0.15, -0.1) is 0 Å². The summed E-state index contributed by atoms with van der Waals surface area (Å²) in [4.78, 5) is 13.9. The highest BCUT2D eigenvalue weighted by Crippen LogP contribution is 2.16. The maximum absolute atomic E-state index is 12.1. The molecule has 22 heavy (non-hydrogen) atoms. The molecule has 1 aromatic rings. The van der Waals surface area contributed by atoms with Crippen molar-refractivity contribution >= 4 is 6.09 Å². The van der Waals surface area contributed by atoms with Gasteiger partial charge in [-0.1, -0.05) is 12.1 Å². The number of amides is 1. The second kappa shape index (κ2) is 7.01. The first kappa shape index (κ1) is 16.6. The van der Waals surface area contributed by atoms with E-state index in [-0.39, 0.29) is 17.9 Å². The summed E-state index contributed by atoms with van der Waals surface area (Å²) < 4.78 is 5.43. The Kier molecular flexibility index (Phi) is 5.29. The monoisotopic (exact) mass is 306 g/mol. The van der Waals surface area contributed by atoms with E-state index in [1.54, 1.807) is 17.0 Å². The fourth-order valence-electron chi connectivity index (χ4n) is 2.51. The number of benzene rings is 1. The van der Waals surface area contributed by atoms with E-state index in [4.69, 9.17) is 4.74 Å². The zero-order chi connectivity index (χ0) is 16.2. The van der Waals surface area contributed by atoms with Gasteiger partial charge in [-0.3, -0.25) is 0 Å². The summed E-state index contributed by atoms with van der Waals surface area (Å²) >= 11 is 0. The summed E-state index contributed by atoms with van der Waals surface area (Å²) in [6.07, 6.45) is 1.80. The van der Waals surface area contributed by atoms with Crippen molar-refractivity contribution in [3.05, 3.63) is 29.8 Å². The molecule has 1 heterocycles. The normalized spacial score (nSPS) is 19.0. The van der Waals surface area contributed by atoms with Crippen molar-refractivity contribution < 1.29 is 14.6 Å². The predicted molar refractivity (Wildman–Crippen MR) is 85.8 cm³/mol. The molecule has 1 fully saturated rings. The van der Waals surface area contributed by atoms with Crippen molar-refractivity contribution in [2.75, 3.05) is 13.1 Å². The van der Waals surface area contributed by atoms with Gasteiger partial charge in [-0.2, -0.15) is 0 Å². The molecule has 1 aromatic carbocycles. The third kappa shape index (κ3) is 5.22. The highest BCUT2D eigenvalue weighted by Gasteiger charge is 2.27. The summed E-state index contributed by atoms with van der Waals surface area (Å²) in [5, 5.41) is 12.8. The smallest absolute Gasteiger partial charge is 0.410 e. The highest BCUT2D eigenvalue weighted by molar-refractivity contribution is 5.68. The van der Waals surface area contributed by atoms with Crippen LogP contribution in [0.25, 0.3) is 0 Å². The number of hydrogen-bond acceptors (Lipinski definition) is 4. The zero-order valence-corrected chi connectivity index (χ0v) is 13.6. The highest BCUT2D eigenvalue weighted by atomic mass is 16.6. The zero-order valence-electron chi connectivity index (χ0n) is 13.6. The van der Waals surface area contributed by atoms with E-state index in [0.717, 1.165) is 31.5 Å². The number of nitrogens with zero attached hydrogens (tertiary/aromatic N) is 1. The number of ether oxygens (including phenoxy) is 1. The molecule has 1 aliphatic heterocycles. The summed E-state index contributed by atoms with van der Waals surface area (Å²) in [6.45, 7) is 7.81. The van der Waals surface area contributed by atoms with Gasteiger partial charge in [0.25, 0.3) is 0 Å². The minimum atomic E-state index is -0.455. The Morgan fingerprint density at radius 1 is 1.36 bits per heavy atom. The van der Waals surface area contributed by atoms with Crippen LogP contribution in [0.2, 0.25) is 0 Å². The van der Waals surface area contributed by atoms with E-state index < -0.39 is 5.60 Å². The van der Waals surface area contributed by atoms with Crippen LogP contribution in [-0.4, -0.2) is 40.8 Å². The fourth-order valence-corrected chi connectivity index (χ4v) is 2.51. The summed E-state index contributed by atoms with van der Waals surface area (Å²) in [5.41, 5.74) is 0.663. The number of piperidine rings is 1. The van der Waals surface area contributed by atoms with Crippen LogP contribution in [0.15, 0.2) is 24.3 Å². The Labute approximate surface area is 132 Å². The Hall–Kier alpha value is -1.75. The van der Waals surface area contributed by atoms with Gasteiger partial charge in [0, 0.05) is 25.7 Å². The first-order valence-corrected chi connectivity index (χ1v) is 7.83. The van der Waals surface area contributed by atoms with Gasteiger partial charge in [-0.05, 0) is 51.3 Å². The molecule has 2 rings (SSSR count). The minimum absolute atomic E-state index is 0.233. The van der Waals surface area contributed by atoms with Crippen LogP contribution < -0.4 is 5.32 Å². The predicted octanol–water partition coefficient (Wildman–Crippen LogP) is 2.88. The molecule has 0 saturated carbocycles. The quantitative estimate of drug-likeness (QED) is 0.901. The van der Waals surface area contributed by atoms with Gasteiger partial charge < -0.3 is 20.1 Å². The Bertz CT molecular complexity index is 494. The van der Waals surface area contributed by atoms with Crippen LogP contribution >= 0.6 is 0 Å². The van der Waals surface area contributed by atoms with E-state index in [9.17, 15) is 9.90 Å². The molecule has 5 heteroatoms. The lowest BCUT2D eigenvalue weighted by atomic mass is 10.1. The molecule has 0 aromatic heterocycles. The molecule has 1 unspecified atom stereocenters. The SMILES string of the molecule is CC(C)(C)OC(=O)N1CCCC(NCc2ccc(O)cc2)C1. The Morgan fingerprint density at radius 3 is 2.68 bits per heavy atom. The molecule has 0 aliphatic carbocycles.